The molecule has 0 radical (unpaired) electrons. The van der Waals surface area contributed by atoms with Crippen molar-refractivity contribution < 1.29 is 29.3 Å². The Hall–Kier alpha value is -1.79. The monoisotopic (exact) mass is 219 g/mol. The highest BCUT2D eigenvalue weighted by atomic mass is 16.6. The molecule has 7 heteroatoms. The highest BCUT2D eigenvalue weighted by Crippen LogP contribution is 1.95. The fourth-order valence-electron chi connectivity index (χ4n) is 0.765. The summed E-state index contributed by atoms with van der Waals surface area (Å²) in [6, 6.07) is -1.48. The Balaban J connectivity index is 4.22. The van der Waals surface area contributed by atoms with Gasteiger partial charge in [-0.15, -0.1) is 0 Å². The first kappa shape index (κ1) is 13.2. The summed E-state index contributed by atoms with van der Waals surface area (Å²) in [7, 11) is 0. The molecule has 0 fully saturated rings. The highest BCUT2D eigenvalue weighted by molar-refractivity contribution is 5.84. The molecule has 3 N–H and O–H groups in total. The van der Waals surface area contributed by atoms with Crippen LogP contribution in [0.15, 0.2) is 0 Å². The quantitative estimate of drug-likeness (QED) is 0.602. The zero-order valence-corrected chi connectivity index (χ0v) is 8.39. The largest absolute Gasteiger partial charge is 0.481 e. The average molecular weight is 219 g/mol. The molecule has 0 aromatic carbocycles. The second kappa shape index (κ2) is 5.84. The minimum absolute atomic E-state index is 0.399. The maximum atomic E-state index is 11.0. The molecule has 0 aliphatic carbocycles. The maximum absolute atomic E-state index is 11.0. The van der Waals surface area contributed by atoms with Crippen molar-refractivity contribution in [2.24, 2.45) is 0 Å². The number of amides is 1. The van der Waals surface area contributed by atoms with E-state index in [2.05, 4.69) is 4.74 Å². The average Bonchev–Trinajstić information content (AvgIpc) is 1.99. The zero-order valence-electron chi connectivity index (χ0n) is 8.39. The Morgan fingerprint density at radius 2 is 1.80 bits per heavy atom. The van der Waals surface area contributed by atoms with Crippen LogP contribution in [0.5, 0.6) is 0 Å². The summed E-state index contributed by atoms with van der Waals surface area (Å²) in [4.78, 5) is 31.7. The third kappa shape index (κ3) is 6.30. The zero-order chi connectivity index (χ0) is 12.0. The molecule has 86 valence electrons. The van der Waals surface area contributed by atoms with Gasteiger partial charge in [0.25, 0.3) is 0 Å². The normalized spacial score (nSPS) is 11.9. The van der Waals surface area contributed by atoms with Crippen LogP contribution in [0.25, 0.3) is 0 Å². The Labute approximate surface area is 86.0 Å². The van der Waals surface area contributed by atoms with Gasteiger partial charge in [0.15, 0.2) is 0 Å². The first-order valence-electron chi connectivity index (χ1n) is 4.24. The van der Waals surface area contributed by atoms with Gasteiger partial charge in [0.1, 0.15) is 6.04 Å². The van der Waals surface area contributed by atoms with Crippen molar-refractivity contribution in [2.75, 3.05) is 0 Å². The standard InChI is InChI=1S/C8H13NO6/c1-4(2)15-8(14)9-5(7(12)13)3-6(10)11/h4-5H,3H2,1-2H3,(H,9,14)(H,10,11)(H,12,13). The molecule has 0 aliphatic heterocycles. The molecule has 1 atom stereocenters. The van der Waals surface area contributed by atoms with Gasteiger partial charge in [-0.05, 0) is 13.8 Å². The third-order valence-corrected chi connectivity index (χ3v) is 1.31. The number of ether oxygens (including phenoxy) is 1. The van der Waals surface area contributed by atoms with E-state index in [-0.39, 0.29) is 0 Å². The van der Waals surface area contributed by atoms with Crippen LogP contribution in [0.2, 0.25) is 0 Å². The molecule has 0 rings (SSSR count). The summed E-state index contributed by atoms with van der Waals surface area (Å²) in [5.41, 5.74) is 0. The van der Waals surface area contributed by atoms with Crippen LogP contribution in [0.3, 0.4) is 0 Å². The first-order chi connectivity index (χ1) is 6.82. The van der Waals surface area contributed by atoms with Gasteiger partial charge in [-0.3, -0.25) is 4.79 Å². The molecule has 0 aromatic heterocycles. The predicted molar refractivity (Wildman–Crippen MR) is 48.4 cm³/mol. The van der Waals surface area contributed by atoms with Crippen molar-refractivity contribution in [2.45, 2.75) is 32.4 Å². The molecule has 15 heavy (non-hydrogen) atoms. The number of carboxylic acid groups (broad SMARTS) is 2. The van der Waals surface area contributed by atoms with E-state index in [1.165, 1.54) is 0 Å². The number of rotatable bonds is 5. The number of aliphatic carboxylic acids is 2. The van der Waals surface area contributed by atoms with Crippen LogP contribution in [-0.4, -0.2) is 40.4 Å². The van der Waals surface area contributed by atoms with Crippen molar-refractivity contribution in [1.29, 1.82) is 0 Å². The topological polar surface area (TPSA) is 113 Å². The molecular formula is C8H13NO6. The maximum Gasteiger partial charge on any atom is 0.408 e. The van der Waals surface area contributed by atoms with Gasteiger partial charge in [-0.25, -0.2) is 9.59 Å². The smallest absolute Gasteiger partial charge is 0.408 e. The van der Waals surface area contributed by atoms with Gasteiger partial charge in [-0.2, -0.15) is 0 Å². The fraction of sp³-hybridized carbons (Fsp3) is 0.625. The summed E-state index contributed by atoms with van der Waals surface area (Å²) in [6.07, 6.45) is -2.04. The molecule has 0 aromatic rings. The Kier molecular flexibility index (Phi) is 5.14. The van der Waals surface area contributed by atoms with Crippen LogP contribution in [-0.2, 0) is 14.3 Å². The van der Waals surface area contributed by atoms with Crippen LogP contribution in [0, 0.1) is 0 Å². The van der Waals surface area contributed by atoms with E-state index in [0.717, 1.165) is 0 Å². The lowest BCUT2D eigenvalue weighted by Crippen LogP contribution is -2.43. The van der Waals surface area contributed by atoms with Gasteiger partial charge in [0, 0.05) is 0 Å². The van der Waals surface area contributed by atoms with Gasteiger partial charge in [0.05, 0.1) is 12.5 Å². The lowest BCUT2D eigenvalue weighted by atomic mass is 10.2. The van der Waals surface area contributed by atoms with Crippen molar-refractivity contribution in [3.8, 4) is 0 Å². The minimum Gasteiger partial charge on any atom is -0.481 e. The SMILES string of the molecule is CC(C)OC(=O)NC(CC(=O)O)C(=O)O. The van der Waals surface area contributed by atoms with Gasteiger partial charge in [0.2, 0.25) is 0 Å². The molecule has 0 heterocycles. The number of carbonyl (C=O) groups is 3. The molecular weight excluding hydrogens is 206 g/mol. The number of alkyl carbamates (subject to hydrolysis) is 1. The van der Waals surface area contributed by atoms with Crippen LogP contribution in [0.1, 0.15) is 20.3 Å². The van der Waals surface area contributed by atoms with Gasteiger partial charge < -0.3 is 20.3 Å². The van der Waals surface area contributed by atoms with Crippen molar-refractivity contribution >= 4 is 18.0 Å². The molecule has 0 spiro atoms. The van der Waals surface area contributed by atoms with Crippen molar-refractivity contribution in [3.05, 3.63) is 0 Å². The van der Waals surface area contributed by atoms with Crippen LogP contribution < -0.4 is 5.32 Å². The molecule has 0 saturated heterocycles. The van der Waals surface area contributed by atoms with E-state index < -0.39 is 36.6 Å². The highest BCUT2D eigenvalue weighted by Gasteiger charge is 2.23. The minimum atomic E-state index is -1.48. The molecule has 0 aliphatic rings. The molecule has 1 amide bonds. The second-order valence-electron chi connectivity index (χ2n) is 3.09. The molecule has 7 nitrogen and oxygen atoms in total. The van der Waals surface area contributed by atoms with E-state index in [1.54, 1.807) is 13.8 Å². The van der Waals surface area contributed by atoms with E-state index >= 15 is 0 Å². The van der Waals surface area contributed by atoms with E-state index in [0.29, 0.717) is 0 Å². The summed E-state index contributed by atoms with van der Waals surface area (Å²) in [5.74, 6) is -2.73. The Morgan fingerprint density at radius 1 is 1.27 bits per heavy atom. The third-order valence-electron chi connectivity index (χ3n) is 1.31. The second-order valence-corrected chi connectivity index (χ2v) is 3.09. The number of hydrogen-bond acceptors (Lipinski definition) is 4. The van der Waals surface area contributed by atoms with E-state index in [9.17, 15) is 14.4 Å². The Bertz CT molecular complexity index is 262. The van der Waals surface area contributed by atoms with Gasteiger partial charge >= 0.3 is 18.0 Å². The van der Waals surface area contributed by atoms with E-state index in [4.69, 9.17) is 10.2 Å². The Morgan fingerprint density at radius 3 is 2.13 bits per heavy atom. The first-order valence-corrected chi connectivity index (χ1v) is 4.24. The predicted octanol–water partition coefficient (Wildman–Crippen LogP) is 0.0489. The molecule has 0 saturated carbocycles. The van der Waals surface area contributed by atoms with Crippen molar-refractivity contribution in [1.82, 2.24) is 5.32 Å². The van der Waals surface area contributed by atoms with Crippen LogP contribution >= 0.6 is 0 Å². The van der Waals surface area contributed by atoms with E-state index in [1.807, 2.05) is 5.32 Å². The summed E-state index contributed by atoms with van der Waals surface area (Å²) in [6.45, 7) is 3.18. The van der Waals surface area contributed by atoms with Gasteiger partial charge in [-0.1, -0.05) is 0 Å². The number of nitrogens with one attached hydrogen (secondary N) is 1. The number of carboxylic acids is 2. The lowest BCUT2D eigenvalue weighted by Gasteiger charge is -2.13. The fourth-order valence-corrected chi connectivity index (χ4v) is 0.765. The van der Waals surface area contributed by atoms with Crippen molar-refractivity contribution in [3.63, 3.8) is 0 Å². The summed E-state index contributed by atoms with van der Waals surface area (Å²) in [5, 5.41) is 18.9. The lowest BCUT2D eigenvalue weighted by molar-refractivity contribution is -0.145. The summed E-state index contributed by atoms with van der Waals surface area (Å²) < 4.78 is 4.61. The number of hydrogen-bond donors (Lipinski definition) is 3. The number of carbonyl (C=O) groups excluding carboxylic acids is 1. The summed E-state index contributed by atoms with van der Waals surface area (Å²) >= 11 is 0. The molecule has 1 unspecified atom stereocenters. The van der Waals surface area contributed by atoms with Crippen LogP contribution in [0.4, 0.5) is 4.79 Å². The molecule has 0 bridgehead atoms.